The Kier molecular flexibility index (Phi) is 10.8. The van der Waals surface area contributed by atoms with Gasteiger partial charge >= 0.3 is 0 Å². The van der Waals surface area contributed by atoms with Crippen LogP contribution in [-0.4, -0.2) is 67.4 Å². The van der Waals surface area contributed by atoms with Crippen molar-refractivity contribution in [1.29, 1.82) is 0 Å². The summed E-state index contributed by atoms with van der Waals surface area (Å²) in [5.74, 6) is 0.276. The number of aliphatic hydroxyl groups excluding tert-OH is 1. The molecule has 1 unspecified atom stereocenters. The fourth-order valence-corrected chi connectivity index (χ4v) is 4.44. The summed E-state index contributed by atoms with van der Waals surface area (Å²) in [5.41, 5.74) is 0.391. The monoisotopic (exact) mass is 534 g/mol. The third-order valence-electron chi connectivity index (χ3n) is 6.07. The van der Waals surface area contributed by atoms with Crippen LogP contribution in [0.15, 0.2) is 29.3 Å². The Hall–Kier alpha value is -0.970. The minimum absolute atomic E-state index is 0. The van der Waals surface area contributed by atoms with Crippen LogP contribution in [0.3, 0.4) is 0 Å². The van der Waals surface area contributed by atoms with E-state index in [2.05, 4.69) is 15.5 Å². The van der Waals surface area contributed by atoms with Crippen LogP contribution in [0.4, 0.5) is 4.39 Å². The van der Waals surface area contributed by atoms with Crippen molar-refractivity contribution in [2.45, 2.75) is 50.7 Å². The van der Waals surface area contributed by atoms with Gasteiger partial charge in [0.15, 0.2) is 5.96 Å². The number of rotatable bonds is 7. The highest BCUT2D eigenvalue weighted by Gasteiger charge is 2.38. The highest BCUT2D eigenvalue weighted by Crippen LogP contribution is 2.34. The number of hydrogen-bond acceptors (Lipinski definition) is 4. The van der Waals surface area contributed by atoms with Gasteiger partial charge < -0.3 is 20.5 Å². The van der Waals surface area contributed by atoms with Crippen molar-refractivity contribution >= 4 is 29.9 Å². The molecule has 8 heteroatoms. The summed E-state index contributed by atoms with van der Waals surface area (Å²) in [5, 5.41) is 16.8. The third-order valence-corrected chi connectivity index (χ3v) is 6.07. The van der Waals surface area contributed by atoms with Crippen LogP contribution in [0, 0.1) is 5.82 Å². The fourth-order valence-electron chi connectivity index (χ4n) is 4.44. The molecule has 0 aromatic heterocycles. The molecule has 1 saturated heterocycles. The van der Waals surface area contributed by atoms with Gasteiger partial charge in [0, 0.05) is 37.3 Å². The first-order chi connectivity index (χ1) is 14.1. The largest absolute Gasteiger partial charge is 0.386 e. The molecule has 2 aliphatic rings. The summed E-state index contributed by atoms with van der Waals surface area (Å²) in [6.45, 7) is 7.18. The first-order valence-electron chi connectivity index (χ1n) is 10.9. The smallest absolute Gasteiger partial charge is 0.191 e. The Morgan fingerprint density at radius 3 is 2.57 bits per heavy atom. The van der Waals surface area contributed by atoms with Gasteiger partial charge in [0.1, 0.15) is 5.82 Å². The molecule has 2 fully saturated rings. The molecule has 1 atom stereocenters. The lowest BCUT2D eigenvalue weighted by molar-refractivity contribution is -0.0333. The zero-order chi connectivity index (χ0) is 20.5. The number of morpholine rings is 1. The van der Waals surface area contributed by atoms with Crippen molar-refractivity contribution in [3.05, 3.63) is 35.6 Å². The highest BCUT2D eigenvalue weighted by atomic mass is 127. The van der Waals surface area contributed by atoms with Crippen LogP contribution in [0.2, 0.25) is 0 Å². The molecule has 0 radical (unpaired) electrons. The number of ether oxygens (including phenoxy) is 1. The van der Waals surface area contributed by atoms with Gasteiger partial charge in [-0.3, -0.25) is 9.89 Å². The Morgan fingerprint density at radius 2 is 1.90 bits per heavy atom. The molecular formula is C22H36FIN4O2. The number of benzene rings is 1. The van der Waals surface area contributed by atoms with Crippen molar-refractivity contribution in [3.63, 3.8) is 0 Å². The lowest BCUT2D eigenvalue weighted by Gasteiger charge is -2.47. The summed E-state index contributed by atoms with van der Waals surface area (Å²) in [6, 6.07) is 6.34. The molecular weight excluding hydrogens is 498 g/mol. The van der Waals surface area contributed by atoms with Crippen LogP contribution in [0.5, 0.6) is 0 Å². The maximum Gasteiger partial charge on any atom is 0.191 e. The third kappa shape index (κ3) is 6.77. The van der Waals surface area contributed by atoms with Gasteiger partial charge in [-0.25, -0.2) is 4.39 Å². The Labute approximate surface area is 196 Å². The van der Waals surface area contributed by atoms with Gasteiger partial charge in [0.25, 0.3) is 0 Å². The molecule has 1 aliphatic carbocycles. The lowest BCUT2D eigenvalue weighted by Crippen LogP contribution is -2.56. The van der Waals surface area contributed by atoms with E-state index in [1.165, 1.54) is 25.3 Å². The minimum Gasteiger partial charge on any atom is -0.386 e. The molecule has 1 aromatic carbocycles. The van der Waals surface area contributed by atoms with Crippen LogP contribution < -0.4 is 10.6 Å². The summed E-state index contributed by atoms with van der Waals surface area (Å²) >= 11 is 0. The predicted octanol–water partition coefficient (Wildman–Crippen LogP) is 3.07. The predicted molar refractivity (Wildman–Crippen MR) is 129 cm³/mol. The summed E-state index contributed by atoms with van der Waals surface area (Å²) < 4.78 is 19.5. The molecule has 1 heterocycles. The molecule has 3 rings (SSSR count). The number of aliphatic imine (C=N–C) groups is 1. The van der Waals surface area contributed by atoms with Crippen molar-refractivity contribution in [2.75, 3.05) is 45.9 Å². The molecule has 30 heavy (non-hydrogen) atoms. The summed E-state index contributed by atoms with van der Waals surface area (Å²) in [7, 11) is 0. The zero-order valence-corrected chi connectivity index (χ0v) is 20.2. The molecule has 0 spiro atoms. The van der Waals surface area contributed by atoms with Crippen molar-refractivity contribution in [2.24, 2.45) is 4.99 Å². The maximum absolute atomic E-state index is 13.9. The van der Waals surface area contributed by atoms with E-state index in [4.69, 9.17) is 9.73 Å². The molecule has 170 valence electrons. The topological polar surface area (TPSA) is 69.1 Å². The Morgan fingerprint density at radius 1 is 1.20 bits per heavy atom. The number of halogens is 2. The average molecular weight is 534 g/mol. The number of guanidine groups is 1. The first-order valence-corrected chi connectivity index (χ1v) is 10.9. The molecule has 1 aliphatic heterocycles. The average Bonchev–Trinajstić information content (AvgIpc) is 2.77. The van der Waals surface area contributed by atoms with Gasteiger partial charge in [-0.05, 0) is 25.8 Å². The van der Waals surface area contributed by atoms with E-state index in [9.17, 15) is 9.50 Å². The molecule has 6 nitrogen and oxygen atoms in total. The zero-order valence-electron chi connectivity index (χ0n) is 17.9. The maximum atomic E-state index is 13.9. The van der Waals surface area contributed by atoms with E-state index in [0.29, 0.717) is 11.5 Å². The SMILES string of the molecule is CCNC(=NCC1(N2CCOCC2)CCCCC1)NCC(O)c1ccccc1F.I. The molecule has 3 N–H and O–H groups in total. The van der Waals surface area contributed by atoms with Gasteiger partial charge in [-0.2, -0.15) is 0 Å². The summed E-state index contributed by atoms with van der Waals surface area (Å²) in [6.07, 6.45) is 5.17. The number of aliphatic hydroxyl groups is 1. The molecule has 1 saturated carbocycles. The highest BCUT2D eigenvalue weighted by molar-refractivity contribution is 14.0. The van der Waals surface area contributed by atoms with Crippen LogP contribution in [0.25, 0.3) is 0 Å². The van der Waals surface area contributed by atoms with Crippen molar-refractivity contribution < 1.29 is 14.2 Å². The van der Waals surface area contributed by atoms with E-state index in [1.54, 1.807) is 18.2 Å². The fraction of sp³-hybridized carbons (Fsp3) is 0.682. The van der Waals surface area contributed by atoms with Crippen molar-refractivity contribution in [3.8, 4) is 0 Å². The van der Waals surface area contributed by atoms with Gasteiger partial charge in [0.05, 0.1) is 25.9 Å². The van der Waals surface area contributed by atoms with E-state index in [1.807, 2.05) is 6.92 Å². The van der Waals surface area contributed by atoms with Crippen LogP contribution in [0.1, 0.15) is 50.7 Å². The van der Waals surface area contributed by atoms with E-state index >= 15 is 0 Å². The standard InChI is InChI=1S/C22H35FN4O2.HI/c1-2-24-21(25-16-20(28)18-8-4-5-9-19(18)23)26-17-22(10-6-3-7-11-22)27-12-14-29-15-13-27;/h4-5,8-9,20,28H,2-3,6-7,10-17H2,1H3,(H2,24,25,26);1H. The molecule has 0 amide bonds. The van der Waals surface area contributed by atoms with E-state index in [0.717, 1.165) is 52.2 Å². The molecule has 1 aromatic rings. The quantitative estimate of drug-likeness (QED) is 0.285. The Bertz CT molecular complexity index is 664. The normalized spacial score (nSPS) is 20.8. The Balaban J connectivity index is 0.00000320. The number of nitrogens with zero attached hydrogens (tertiary/aromatic N) is 2. The van der Waals surface area contributed by atoms with E-state index < -0.39 is 11.9 Å². The number of nitrogens with one attached hydrogen (secondary N) is 2. The van der Waals surface area contributed by atoms with E-state index in [-0.39, 0.29) is 36.1 Å². The second-order valence-electron chi connectivity index (χ2n) is 8.00. The molecule has 0 bridgehead atoms. The lowest BCUT2D eigenvalue weighted by atomic mass is 9.80. The van der Waals surface area contributed by atoms with Crippen LogP contribution >= 0.6 is 24.0 Å². The van der Waals surface area contributed by atoms with Crippen LogP contribution in [-0.2, 0) is 4.74 Å². The second-order valence-corrected chi connectivity index (χ2v) is 8.00. The van der Waals surface area contributed by atoms with Gasteiger partial charge in [0.2, 0.25) is 0 Å². The van der Waals surface area contributed by atoms with Crippen molar-refractivity contribution in [1.82, 2.24) is 15.5 Å². The van der Waals surface area contributed by atoms with Gasteiger partial charge in [-0.15, -0.1) is 24.0 Å². The second kappa shape index (κ2) is 12.8. The number of hydrogen-bond donors (Lipinski definition) is 3. The minimum atomic E-state index is -0.928. The first kappa shape index (κ1) is 25.3. The van der Waals surface area contributed by atoms with Gasteiger partial charge in [-0.1, -0.05) is 37.5 Å². The summed E-state index contributed by atoms with van der Waals surface area (Å²) in [4.78, 5) is 7.45.